The van der Waals surface area contributed by atoms with Crippen LogP contribution >= 0.6 is 12.4 Å². The van der Waals surface area contributed by atoms with E-state index >= 15 is 0 Å². The fourth-order valence-electron chi connectivity index (χ4n) is 3.27. The fraction of sp³-hybridized carbons (Fsp3) is 0.0909. The Morgan fingerprint density at radius 1 is 0.667 bits per heavy atom. The van der Waals surface area contributed by atoms with Crippen LogP contribution in [0, 0.1) is 0 Å². The first kappa shape index (κ1) is 61.6. The van der Waals surface area contributed by atoms with Crippen molar-refractivity contribution in [2.24, 2.45) is 8.80 Å². The second-order valence-corrected chi connectivity index (χ2v) is 14.0. The van der Waals surface area contributed by atoms with Gasteiger partial charge in [-0.3, -0.25) is 9.59 Å². The van der Waals surface area contributed by atoms with Crippen molar-refractivity contribution in [2.45, 2.75) is 23.6 Å². The molecule has 0 bridgehead atoms. The third kappa shape index (κ3) is 18.9. The molecule has 0 fully saturated rings. The SMILES string of the molecule is CC1=CC(=O)NS(=O)(=O)O1.CC1=CC([O-])=NS(=O)(=O)O1.Cl.O=C1NS(=O)(=O)c2ccccc21.O=S1(=O)N=C([O-])c2ccccc21.[Cl-].[Cl-].[K+].[K+].[Na+].[Na+]. The number of fused-ring (bicyclic) bond motifs is 2. The molecule has 51 heavy (non-hydrogen) atoms. The molecule has 2 aromatic rings. The number of nitrogens with one attached hydrogen (secondary N) is 2. The first-order valence-corrected chi connectivity index (χ1v) is 17.0. The Kier molecular flexibility index (Phi) is 30.9. The predicted octanol–water partition coefficient (Wildman–Crippen LogP) is -19.7. The molecule has 0 aromatic heterocycles. The predicted molar refractivity (Wildman–Crippen MR) is 152 cm³/mol. The van der Waals surface area contributed by atoms with Crippen LogP contribution in [-0.2, 0) is 53.8 Å². The van der Waals surface area contributed by atoms with E-state index in [0.29, 0.717) is 0 Å². The van der Waals surface area contributed by atoms with E-state index in [-0.39, 0.29) is 232 Å². The van der Waals surface area contributed by atoms with Crippen LogP contribution in [0.5, 0.6) is 0 Å². The van der Waals surface area contributed by atoms with Gasteiger partial charge in [0.1, 0.15) is 16.4 Å². The molecule has 2 aromatic carbocycles. The van der Waals surface area contributed by atoms with Gasteiger partial charge in [-0.2, -0.15) is 29.7 Å². The molecule has 29 heteroatoms. The van der Waals surface area contributed by atoms with Gasteiger partial charge in [0.05, 0.1) is 10.5 Å². The summed E-state index contributed by atoms with van der Waals surface area (Å²) in [7, 11) is -15.1. The van der Waals surface area contributed by atoms with Crippen LogP contribution in [0.2, 0.25) is 0 Å². The maximum atomic E-state index is 11.1. The molecule has 0 unspecified atom stereocenters. The van der Waals surface area contributed by atoms with Gasteiger partial charge in [0.25, 0.3) is 31.9 Å². The quantitative estimate of drug-likeness (QED) is 0.232. The third-order valence-corrected chi connectivity index (χ3v) is 9.33. The van der Waals surface area contributed by atoms with Gasteiger partial charge in [0, 0.05) is 23.4 Å². The molecular weight excluding hydrogens is 903 g/mol. The standard InChI is InChI=1S/2C7H5NO3S.2C4H5NO4S.3ClH.2K.2Na/c2*9-7-5-3-1-2-4-6(5)12(10,11)8-7;2*1-3-2-4(6)5-10(7,8)9-3;;;;;;;/h2*1-4H,(H,8,9);2*2H,1H3,(H,5,6);3*1H;;;;/q;;;;;;;4*+1/p-4. The third-order valence-electron chi connectivity index (χ3n) is 4.81. The molecular formula is C22H19Cl3K2N4Na2O14S4. The first-order valence-electron chi connectivity index (χ1n) is 11.3. The van der Waals surface area contributed by atoms with Gasteiger partial charge < -0.3 is 43.4 Å². The summed E-state index contributed by atoms with van der Waals surface area (Å²) < 4.78 is 104. The summed E-state index contributed by atoms with van der Waals surface area (Å²) in [6.45, 7) is 2.75. The van der Waals surface area contributed by atoms with E-state index in [1.165, 1.54) is 38.1 Å². The minimum Gasteiger partial charge on any atom is -1.00 e. The van der Waals surface area contributed by atoms with E-state index in [1.807, 2.05) is 4.72 Å². The molecule has 18 nitrogen and oxygen atoms in total. The van der Waals surface area contributed by atoms with Crippen molar-refractivity contribution < 1.29 is 249 Å². The van der Waals surface area contributed by atoms with Crippen molar-refractivity contribution in [3.63, 3.8) is 0 Å². The Labute approximate surface area is 441 Å². The van der Waals surface area contributed by atoms with Crippen molar-refractivity contribution >= 4 is 76.7 Å². The molecule has 0 aliphatic carbocycles. The zero-order valence-corrected chi connectivity index (χ0v) is 43.0. The van der Waals surface area contributed by atoms with Crippen LogP contribution in [0.3, 0.4) is 0 Å². The number of sulfonamides is 2. The van der Waals surface area contributed by atoms with Crippen molar-refractivity contribution in [3.8, 4) is 0 Å². The molecule has 0 saturated heterocycles. The number of hydrogen-bond donors (Lipinski definition) is 2. The molecule has 2 N–H and O–H groups in total. The van der Waals surface area contributed by atoms with Crippen LogP contribution in [0.25, 0.3) is 0 Å². The number of halogens is 3. The van der Waals surface area contributed by atoms with Crippen molar-refractivity contribution in [1.29, 1.82) is 0 Å². The summed E-state index contributed by atoms with van der Waals surface area (Å²) in [6, 6.07) is 12.1. The Morgan fingerprint density at radius 2 is 1.14 bits per heavy atom. The van der Waals surface area contributed by atoms with Crippen molar-refractivity contribution in [2.75, 3.05) is 0 Å². The summed E-state index contributed by atoms with van der Waals surface area (Å²) >= 11 is 0. The van der Waals surface area contributed by atoms with Crippen LogP contribution < -0.4 is 206 Å². The molecule has 0 atom stereocenters. The number of amides is 2. The number of benzene rings is 2. The number of rotatable bonds is 0. The van der Waals surface area contributed by atoms with Gasteiger partial charge in [-0.1, -0.05) is 30.3 Å². The van der Waals surface area contributed by atoms with E-state index in [4.69, 9.17) is 0 Å². The van der Waals surface area contributed by atoms with Crippen molar-refractivity contribution in [3.05, 3.63) is 83.3 Å². The molecule has 6 rings (SSSR count). The summed E-state index contributed by atoms with van der Waals surface area (Å²) in [6.07, 6.45) is 2.06. The van der Waals surface area contributed by atoms with Gasteiger partial charge in [-0.05, 0) is 38.1 Å². The average molecular weight is 922 g/mol. The number of nitrogens with zero attached hydrogens (tertiary/aromatic N) is 2. The molecule has 2 amide bonds. The first-order chi connectivity index (χ1) is 20.2. The van der Waals surface area contributed by atoms with Crippen LogP contribution in [0.15, 0.2) is 90.8 Å². The number of hydrogen-bond acceptors (Lipinski definition) is 14. The van der Waals surface area contributed by atoms with E-state index in [0.717, 1.165) is 12.2 Å². The zero-order chi connectivity index (χ0) is 33.1. The zero-order valence-electron chi connectivity index (χ0n) is 27.2. The maximum Gasteiger partial charge on any atom is 1.00 e. The molecule has 4 heterocycles. The molecule has 0 spiro atoms. The van der Waals surface area contributed by atoms with Gasteiger partial charge in [0.2, 0.25) is 0 Å². The number of carbonyl (C=O) groups excluding carboxylic acids is 2. The molecule has 0 radical (unpaired) electrons. The van der Waals surface area contributed by atoms with Crippen LogP contribution in [0.1, 0.15) is 29.8 Å². The van der Waals surface area contributed by atoms with Crippen LogP contribution in [0.4, 0.5) is 0 Å². The Hall–Kier alpha value is 1.34. The second-order valence-electron chi connectivity index (χ2n) is 8.25. The number of carbonyl (C=O) groups is 2. The Morgan fingerprint density at radius 3 is 1.57 bits per heavy atom. The van der Waals surface area contributed by atoms with Crippen molar-refractivity contribution in [1.82, 2.24) is 9.44 Å². The molecule has 0 saturated carbocycles. The smallest absolute Gasteiger partial charge is 1.00 e. The van der Waals surface area contributed by atoms with Gasteiger partial charge in [0.15, 0.2) is 0 Å². The molecule has 4 aliphatic heterocycles. The van der Waals surface area contributed by atoms with Gasteiger partial charge in [-0.15, -0.1) is 16.8 Å². The minimum absolute atomic E-state index is 0. The topological polar surface area (TPSA) is 284 Å². The van der Waals surface area contributed by atoms with E-state index < -0.39 is 64.3 Å². The largest absolute Gasteiger partial charge is 1.00 e. The number of allylic oxidation sites excluding steroid dienone is 2. The Bertz CT molecular complexity index is 2130. The van der Waals surface area contributed by atoms with Gasteiger partial charge >= 0.3 is 182 Å². The fourth-order valence-corrected chi connectivity index (χ4v) is 6.97. The normalized spacial score (nSPS) is 17.5. The van der Waals surface area contributed by atoms with E-state index in [2.05, 4.69) is 17.2 Å². The molecule has 4 aliphatic rings. The summed E-state index contributed by atoms with van der Waals surface area (Å²) in [5.41, 5.74) is 0.384. The summed E-state index contributed by atoms with van der Waals surface area (Å²) in [5, 5.41) is 21.3. The molecule has 260 valence electrons. The minimum atomic E-state index is -3.97. The van der Waals surface area contributed by atoms with Gasteiger partial charge in [-0.25, -0.2) is 17.9 Å². The van der Waals surface area contributed by atoms with E-state index in [1.54, 1.807) is 29.0 Å². The Balaban J connectivity index is -0.000000177. The summed E-state index contributed by atoms with van der Waals surface area (Å²) in [4.78, 5) is 21.5. The second kappa shape index (κ2) is 25.6. The van der Waals surface area contributed by atoms with E-state index in [9.17, 15) is 53.5 Å². The average Bonchev–Trinajstić information content (AvgIpc) is 3.24. The van der Waals surface area contributed by atoms with Crippen LogP contribution in [-0.4, -0.2) is 57.3 Å². The summed E-state index contributed by atoms with van der Waals surface area (Å²) in [5.74, 6) is -2.59. The monoisotopic (exact) mass is 920 g/mol. The maximum absolute atomic E-state index is 11.1.